The predicted molar refractivity (Wildman–Crippen MR) is 65.4 cm³/mol. The monoisotopic (exact) mass is 300 g/mol. The van der Waals surface area contributed by atoms with Gasteiger partial charge in [0.1, 0.15) is 6.29 Å². The maximum atomic E-state index is 11.3. The fraction of sp³-hybridized carbons (Fsp3) is 0.417. The fourth-order valence-electron chi connectivity index (χ4n) is 2.32. The number of carbonyl (C=O) groups excluding carboxylic acids is 1. The molecule has 1 aromatic rings. The lowest BCUT2D eigenvalue weighted by Gasteiger charge is -2.23. The van der Waals surface area contributed by atoms with Gasteiger partial charge < -0.3 is 4.79 Å². The minimum Gasteiger partial charge on any atom is -0.302 e. The van der Waals surface area contributed by atoms with Crippen LogP contribution in [0, 0.1) is 3.57 Å². The number of hydrogen-bond acceptors (Lipinski definition) is 1. The van der Waals surface area contributed by atoms with E-state index in [1.807, 2.05) is 12.1 Å². The first kappa shape index (κ1) is 10.1. The highest BCUT2D eigenvalue weighted by Gasteiger charge is 2.36. The maximum absolute atomic E-state index is 11.3. The summed E-state index contributed by atoms with van der Waals surface area (Å²) >= 11 is 2.32. The van der Waals surface area contributed by atoms with Gasteiger partial charge in [0, 0.05) is 3.57 Å². The van der Waals surface area contributed by atoms with Crippen LogP contribution in [0.15, 0.2) is 24.3 Å². The van der Waals surface area contributed by atoms with Crippen molar-refractivity contribution in [2.45, 2.75) is 31.1 Å². The summed E-state index contributed by atoms with van der Waals surface area (Å²) in [5, 5.41) is 0. The van der Waals surface area contributed by atoms with Crippen LogP contribution in [0.3, 0.4) is 0 Å². The zero-order chi connectivity index (χ0) is 10.0. The molecule has 0 saturated heterocycles. The van der Waals surface area contributed by atoms with Crippen molar-refractivity contribution in [1.29, 1.82) is 0 Å². The first-order valence-corrected chi connectivity index (χ1v) is 6.08. The average molecular weight is 300 g/mol. The molecular weight excluding hydrogens is 287 g/mol. The van der Waals surface area contributed by atoms with E-state index in [0.29, 0.717) is 0 Å². The minimum absolute atomic E-state index is 0.169. The largest absolute Gasteiger partial charge is 0.302 e. The smallest absolute Gasteiger partial charge is 0.130 e. The van der Waals surface area contributed by atoms with Crippen molar-refractivity contribution in [1.82, 2.24) is 0 Å². The molecule has 0 atom stereocenters. The second kappa shape index (κ2) is 4.01. The standard InChI is InChI=1S/C12H13IO/c13-11-6-2-1-5-10(11)12(9-14)7-3-4-8-12/h1-2,5-6,9H,3-4,7-8H2. The summed E-state index contributed by atoms with van der Waals surface area (Å²) < 4.78 is 1.22. The third kappa shape index (κ3) is 1.60. The predicted octanol–water partition coefficient (Wildman–Crippen LogP) is 3.30. The number of aldehydes is 1. The molecule has 1 aromatic carbocycles. The van der Waals surface area contributed by atoms with E-state index in [9.17, 15) is 4.79 Å². The van der Waals surface area contributed by atoms with Gasteiger partial charge in [-0.25, -0.2) is 0 Å². The molecule has 0 amide bonds. The lowest BCUT2D eigenvalue weighted by atomic mass is 9.80. The molecule has 1 nitrogen and oxygen atoms in total. The van der Waals surface area contributed by atoms with Gasteiger partial charge in [-0.1, -0.05) is 31.0 Å². The molecular formula is C12H13IO. The molecule has 2 rings (SSSR count). The van der Waals surface area contributed by atoms with E-state index in [4.69, 9.17) is 0 Å². The SMILES string of the molecule is O=CC1(c2ccccc2I)CCCC1. The molecule has 1 aliphatic rings. The van der Waals surface area contributed by atoms with Crippen LogP contribution in [0.1, 0.15) is 31.2 Å². The van der Waals surface area contributed by atoms with Crippen molar-refractivity contribution in [2.75, 3.05) is 0 Å². The second-order valence-corrected chi connectivity index (χ2v) is 5.12. The molecule has 0 N–H and O–H groups in total. The highest BCUT2D eigenvalue weighted by Crippen LogP contribution is 2.40. The molecule has 2 heteroatoms. The highest BCUT2D eigenvalue weighted by molar-refractivity contribution is 14.1. The van der Waals surface area contributed by atoms with Gasteiger partial charge in [-0.15, -0.1) is 0 Å². The Balaban J connectivity index is 2.46. The lowest BCUT2D eigenvalue weighted by molar-refractivity contribution is -0.112. The van der Waals surface area contributed by atoms with Crippen LogP contribution in [-0.2, 0) is 10.2 Å². The Morgan fingerprint density at radius 3 is 2.43 bits per heavy atom. The van der Waals surface area contributed by atoms with Crippen molar-refractivity contribution >= 4 is 28.9 Å². The van der Waals surface area contributed by atoms with E-state index in [0.717, 1.165) is 19.1 Å². The molecule has 0 aliphatic heterocycles. The molecule has 74 valence electrons. The van der Waals surface area contributed by atoms with Crippen LogP contribution < -0.4 is 0 Å². The first-order valence-electron chi connectivity index (χ1n) is 5.00. The van der Waals surface area contributed by atoms with Crippen LogP contribution in [0.2, 0.25) is 0 Å². The molecule has 0 aromatic heterocycles. The lowest BCUT2D eigenvalue weighted by Crippen LogP contribution is -2.24. The summed E-state index contributed by atoms with van der Waals surface area (Å²) in [7, 11) is 0. The Kier molecular flexibility index (Phi) is 2.91. The van der Waals surface area contributed by atoms with Crippen LogP contribution in [0.25, 0.3) is 0 Å². The van der Waals surface area contributed by atoms with Crippen LogP contribution >= 0.6 is 22.6 Å². The molecule has 0 radical (unpaired) electrons. The maximum Gasteiger partial charge on any atom is 0.130 e. The summed E-state index contributed by atoms with van der Waals surface area (Å²) in [6, 6.07) is 8.24. The molecule has 0 bridgehead atoms. The summed E-state index contributed by atoms with van der Waals surface area (Å²) in [5.41, 5.74) is 1.06. The normalized spacial score (nSPS) is 19.5. The Hall–Kier alpha value is -0.380. The zero-order valence-corrected chi connectivity index (χ0v) is 10.2. The van der Waals surface area contributed by atoms with Crippen molar-refractivity contribution in [3.8, 4) is 0 Å². The van der Waals surface area contributed by atoms with E-state index < -0.39 is 0 Å². The van der Waals surface area contributed by atoms with Crippen LogP contribution in [0.4, 0.5) is 0 Å². The third-order valence-corrected chi connectivity index (χ3v) is 4.07. The van der Waals surface area contributed by atoms with Crippen LogP contribution in [0.5, 0.6) is 0 Å². The van der Waals surface area contributed by atoms with Gasteiger partial charge in [0.2, 0.25) is 0 Å². The van der Waals surface area contributed by atoms with Gasteiger partial charge in [0.15, 0.2) is 0 Å². The molecule has 1 fully saturated rings. The number of halogens is 1. The number of benzene rings is 1. The molecule has 0 heterocycles. The number of rotatable bonds is 2. The van der Waals surface area contributed by atoms with Crippen molar-refractivity contribution in [2.24, 2.45) is 0 Å². The number of hydrogen-bond donors (Lipinski definition) is 0. The Morgan fingerprint density at radius 1 is 1.21 bits per heavy atom. The average Bonchev–Trinajstić information content (AvgIpc) is 2.68. The summed E-state index contributed by atoms with van der Waals surface area (Å²) in [6.07, 6.45) is 5.58. The minimum atomic E-state index is -0.169. The Morgan fingerprint density at radius 2 is 1.86 bits per heavy atom. The van der Waals surface area contributed by atoms with Crippen molar-refractivity contribution in [3.05, 3.63) is 33.4 Å². The van der Waals surface area contributed by atoms with E-state index in [2.05, 4.69) is 34.7 Å². The zero-order valence-electron chi connectivity index (χ0n) is 8.00. The van der Waals surface area contributed by atoms with Crippen molar-refractivity contribution < 1.29 is 4.79 Å². The molecule has 1 aliphatic carbocycles. The second-order valence-electron chi connectivity index (χ2n) is 3.96. The third-order valence-electron chi connectivity index (χ3n) is 3.13. The van der Waals surface area contributed by atoms with Gasteiger partial charge in [-0.05, 0) is 47.1 Å². The van der Waals surface area contributed by atoms with E-state index in [-0.39, 0.29) is 5.41 Å². The highest BCUT2D eigenvalue weighted by atomic mass is 127. The van der Waals surface area contributed by atoms with Gasteiger partial charge in [0.25, 0.3) is 0 Å². The number of carbonyl (C=O) groups is 1. The molecule has 1 saturated carbocycles. The fourth-order valence-corrected chi connectivity index (χ4v) is 3.25. The molecule has 0 spiro atoms. The Bertz CT molecular complexity index is 340. The van der Waals surface area contributed by atoms with Crippen molar-refractivity contribution in [3.63, 3.8) is 0 Å². The topological polar surface area (TPSA) is 17.1 Å². The molecule has 0 unspecified atom stereocenters. The van der Waals surface area contributed by atoms with E-state index in [1.54, 1.807) is 0 Å². The van der Waals surface area contributed by atoms with Gasteiger partial charge in [0.05, 0.1) is 5.41 Å². The first-order chi connectivity index (χ1) is 6.78. The van der Waals surface area contributed by atoms with Gasteiger partial charge in [-0.2, -0.15) is 0 Å². The summed E-state index contributed by atoms with van der Waals surface area (Å²) in [5.74, 6) is 0. The summed E-state index contributed by atoms with van der Waals surface area (Å²) in [4.78, 5) is 11.3. The quantitative estimate of drug-likeness (QED) is 0.605. The molecule has 14 heavy (non-hydrogen) atoms. The Labute approximate surface area is 98.0 Å². The van der Waals surface area contributed by atoms with E-state index >= 15 is 0 Å². The van der Waals surface area contributed by atoms with Gasteiger partial charge >= 0.3 is 0 Å². The summed E-state index contributed by atoms with van der Waals surface area (Å²) in [6.45, 7) is 0. The van der Waals surface area contributed by atoms with Crippen LogP contribution in [-0.4, -0.2) is 6.29 Å². The van der Waals surface area contributed by atoms with E-state index in [1.165, 1.54) is 22.0 Å². The van der Waals surface area contributed by atoms with Gasteiger partial charge in [-0.3, -0.25) is 0 Å².